The van der Waals surface area contributed by atoms with Crippen molar-refractivity contribution in [2.24, 2.45) is 11.8 Å². The van der Waals surface area contributed by atoms with Gasteiger partial charge in [-0.05, 0) is 57.0 Å². The van der Waals surface area contributed by atoms with Crippen LogP contribution in [0.3, 0.4) is 0 Å². The van der Waals surface area contributed by atoms with Gasteiger partial charge in [0, 0.05) is 18.6 Å². The molecular formula is C15H24N2. The molecule has 4 aliphatic rings. The first kappa shape index (κ1) is 10.6. The Balaban J connectivity index is 1.64. The van der Waals surface area contributed by atoms with Crippen molar-refractivity contribution in [3.05, 3.63) is 11.6 Å². The van der Waals surface area contributed by atoms with E-state index in [0.717, 1.165) is 23.9 Å². The summed E-state index contributed by atoms with van der Waals surface area (Å²) in [6, 6.07) is 1.64. The van der Waals surface area contributed by atoms with Gasteiger partial charge in [0.2, 0.25) is 0 Å². The van der Waals surface area contributed by atoms with Crippen molar-refractivity contribution in [1.82, 2.24) is 10.2 Å². The standard InChI is InChI=1S/C15H24N2/c1-2-7-17-10-13-9-12(14(17)5-1)8-11-4-3-6-16-15(11)13/h8,12-16H,1-7,9-10H2/t12?,13-,14+,15+/m0/s1. The van der Waals surface area contributed by atoms with Gasteiger partial charge >= 0.3 is 0 Å². The second-order valence-corrected chi connectivity index (χ2v) is 6.49. The zero-order valence-electron chi connectivity index (χ0n) is 10.7. The van der Waals surface area contributed by atoms with Crippen LogP contribution in [0.4, 0.5) is 0 Å². The summed E-state index contributed by atoms with van der Waals surface area (Å²) in [5, 5.41) is 3.78. The largest absolute Gasteiger partial charge is 0.310 e. The lowest BCUT2D eigenvalue weighted by Gasteiger charge is -2.52. The highest BCUT2D eigenvalue weighted by Gasteiger charge is 2.43. The Kier molecular flexibility index (Phi) is 2.55. The zero-order valence-corrected chi connectivity index (χ0v) is 10.7. The number of nitrogens with zero attached hydrogens (tertiary/aromatic N) is 1. The average molecular weight is 232 g/mol. The summed E-state index contributed by atoms with van der Waals surface area (Å²) in [5.41, 5.74) is 1.77. The fourth-order valence-electron chi connectivity index (χ4n) is 4.80. The third kappa shape index (κ3) is 1.68. The maximum Gasteiger partial charge on any atom is 0.0320 e. The van der Waals surface area contributed by atoms with Crippen LogP contribution in [0.25, 0.3) is 0 Å². The Morgan fingerprint density at radius 1 is 1.24 bits per heavy atom. The van der Waals surface area contributed by atoms with Crippen molar-refractivity contribution in [3.63, 3.8) is 0 Å². The van der Waals surface area contributed by atoms with Crippen molar-refractivity contribution in [3.8, 4) is 0 Å². The maximum atomic E-state index is 3.78. The molecule has 0 aromatic carbocycles. The molecule has 3 heterocycles. The minimum absolute atomic E-state index is 0.739. The Morgan fingerprint density at radius 3 is 3.24 bits per heavy atom. The number of fused-ring (bicyclic) bond motifs is 6. The van der Waals surface area contributed by atoms with Gasteiger partial charge in [-0.2, -0.15) is 0 Å². The zero-order chi connectivity index (χ0) is 11.2. The Morgan fingerprint density at radius 2 is 2.24 bits per heavy atom. The Bertz CT molecular complexity index is 336. The van der Waals surface area contributed by atoms with E-state index in [0.29, 0.717) is 0 Å². The summed E-state index contributed by atoms with van der Waals surface area (Å²) in [7, 11) is 0. The summed E-state index contributed by atoms with van der Waals surface area (Å²) in [4.78, 5) is 2.81. The third-order valence-electron chi connectivity index (χ3n) is 5.51. The lowest BCUT2D eigenvalue weighted by molar-refractivity contribution is 0.0271. The monoisotopic (exact) mass is 232 g/mol. The first-order valence-electron chi connectivity index (χ1n) is 7.60. The van der Waals surface area contributed by atoms with Gasteiger partial charge in [-0.3, -0.25) is 4.90 Å². The molecule has 4 atom stereocenters. The SMILES string of the molecule is C1=C2CCCN[C@H]2[C@H]2CC1[C@H]1CCCCN1C2. The number of hydrogen-bond acceptors (Lipinski definition) is 2. The molecule has 0 amide bonds. The summed E-state index contributed by atoms with van der Waals surface area (Å²) < 4.78 is 0. The van der Waals surface area contributed by atoms with Crippen LogP contribution in [0.15, 0.2) is 11.6 Å². The molecule has 17 heavy (non-hydrogen) atoms. The lowest BCUT2D eigenvalue weighted by atomic mass is 9.68. The first-order valence-corrected chi connectivity index (χ1v) is 7.60. The average Bonchev–Trinajstić information content (AvgIpc) is 2.39. The van der Waals surface area contributed by atoms with Gasteiger partial charge in [0.1, 0.15) is 0 Å². The van der Waals surface area contributed by atoms with Gasteiger partial charge in [0.25, 0.3) is 0 Å². The van der Waals surface area contributed by atoms with E-state index >= 15 is 0 Å². The second kappa shape index (κ2) is 4.10. The minimum Gasteiger partial charge on any atom is -0.310 e. The van der Waals surface area contributed by atoms with Crippen LogP contribution in [-0.4, -0.2) is 36.6 Å². The molecule has 0 saturated carbocycles. The highest BCUT2D eigenvalue weighted by Crippen LogP contribution is 2.42. The number of piperidine rings is 3. The summed E-state index contributed by atoms with van der Waals surface area (Å²) in [6.07, 6.45) is 11.2. The molecular weight excluding hydrogens is 208 g/mol. The van der Waals surface area contributed by atoms with E-state index in [4.69, 9.17) is 0 Å². The van der Waals surface area contributed by atoms with Crippen molar-refractivity contribution in [2.75, 3.05) is 19.6 Å². The van der Waals surface area contributed by atoms with E-state index in [2.05, 4.69) is 16.3 Å². The topological polar surface area (TPSA) is 15.3 Å². The van der Waals surface area contributed by atoms with E-state index in [-0.39, 0.29) is 0 Å². The lowest BCUT2D eigenvalue weighted by Crippen LogP contribution is -2.58. The highest BCUT2D eigenvalue weighted by molar-refractivity contribution is 5.23. The van der Waals surface area contributed by atoms with Crippen LogP contribution < -0.4 is 5.32 Å². The van der Waals surface area contributed by atoms with E-state index in [9.17, 15) is 0 Å². The smallest absolute Gasteiger partial charge is 0.0320 e. The molecule has 94 valence electrons. The fourth-order valence-corrected chi connectivity index (χ4v) is 4.80. The molecule has 1 N–H and O–H groups in total. The molecule has 0 aromatic heterocycles. The number of hydrogen-bond donors (Lipinski definition) is 1. The molecule has 2 bridgehead atoms. The van der Waals surface area contributed by atoms with Crippen molar-refractivity contribution >= 4 is 0 Å². The van der Waals surface area contributed by atoms with Crippen molar-refractivity contribution < 1.29 is 0 Å². The van der Waals surface area contributed by atoms with Crippen LogP contribution in [-0.2, 0) is 0 Å². The summed E-state index contributed by atoms with van der Waals surface area (Å²) in [6.45, 7) is 3.98. The fraction of sp³-hybridized carbons (Fsp3) is 0.867. The molecule has 2 nitrogen and oxygen atoms in total. The minimum atomic E-state index is 0.739. The predicted octanol–water partition coefficient (Wildman–Crippen LogP) is 2.17. The van der Waals surface area contributed by atoms with Crippen molar-refractivity contribution in [1.29, 1.82) is 0 Å². The van der Waals surface area contributed by atoms with Gasteiger partial charge < -0.3 is 5.32 Å². The maximum absolute atomic E-state index is 3.78. The van der Waals surface area contributed by atoms with Gasteiger partial charge in [0.05, 0.1) is 0 Å². The number of nitrogens with one attached hydrogen (secondary N) is 1. The van der Waals surface area contributed by atoms with E-state index in [1.807, 2.05) is 0 Å². The molecule has 0 aromatic rings. The molecule has 2 heteroatoms. The van der Waals surface area contributed by atoms with Gasteiger partial charge in [-0.15, -0.1) is 0 Å². The third-order valence-corrected chi connectivity index (χ3v) is 5.51. The van der Waals surface area contributed by atoms with E-state index < -0.39 is 0 Å². The van der Waals surface area contributed by atoms with Crippen LogP contribution in [0, 0.1) is 11.8 Å². The molecule has 3 fully saturated rings. The Hall–Kier alpha value is -0.340. The highest BCUT2D eigenvalue weighted by atomic mass is 15.2. The quantitative estimate of drug-likeness (QED) is 0.644. The molecule has 1 aliphatic carbocycles. The van der Waals surface area contributed by atoms with Crippen LogP contribution in [0.5, 0.6) is 0 Å². The molecule has 4 rings (SSSR count). The van der Waals surface area contributed by atoms with E-state index in [1.54, 1.807) is 5.57 Å². The van der Waals surface area contributed by atoms with E-state index in [1.165, 1.54) is 58.2 Å². The van der Waals surface area contributed by atoms with Crippen LogP contribution in [0.1, 0.15) is 38.5 Å². The summed E-state index contributed by atoms with van der Waals surface area (Å²) >= 11 is 0. The van der Waals surface area contributed by atoms with Crippen LogP contribution >= 0.6 is 0 Å². The van der Waals surface area contributed by atoms with Gasteiger partial charge in [0.15, 0.2) is 0 Å². The molecule has 1 unspecified atom stereocenters. The Labute approximate surface area is 104 Å². The molecule has 3 saturated heterocycles. The molecule has 3 aliphatic heterocycles. The normalized spacial score (nSPS) is 45.8. The predicted molar refractivity (Wildman–Crippen MR) is 69.9 cm³/mol. The van der Waals surface area contributed by atoms with Gasteiger partial charge in [-0.1, -0.05) is 18.1 Å². The molecule has 0 radical (unpaired) electrons. The number of rotatable bonds is 0. The first-order chi connectivity index (χ1) is 8.42. The summed E-state index contributed by atoms with van der Waals surface area (Å²) in [5.74, 6) is 1.80. The van der Waals surface area contributed by atoms with Gasteiger partial charge in [-0.25, -0.2) is 0 Å². The van der Waals surface area contributed by atoms with Crippen LogP contribution in [0.2, 0.25) is 0 Å². The molecule has 0 spiro atoms. The van der Waals surface area contributed by atoms with Crippen molar-refractivity contribution in [2.45, 2.75) is 50.6 Å². The second-order valence-electron chi connectivity index (χ2n) is 6.49.